The van der Waals surface area contributed by atoms with E-state index in [-0.39, 0.29) is 23.8 Å². The number of halogens is 2. The van der Waals surface area contributed by atoms with Gasteiger partial charge in [0.2, 0.25) is 21.8 Å². The van der Waals surface area contributed by atoms with E-state index in [9.17, 15) is 18.0 Å². The number of sulfonamides is 1. The third kappa shape index (κ3) is 8.30. The Hall–Kier alpha value is -2.91. The Morgan fingerprint density at radius 1 is 0.925 bits per heavy atom. The zero-order valence-electron chi connectivity index (χ0n) is 22.9. The van der Waals surface area contributed by atoms with E-state index in [0.29, 0.717) is 22.2 Å². The topological polar surface area (TPSA) is 86.8 Å². The third-order valence-corrected chi connectivity index (χ3v) is 9.10. The first-order valence-corrected chi connectivity index (χ1v) is 15.3. The van der Waals surface area contributed by atoms with Crippen molar-refractivity contribution in [1.82, 2.24) is 14.5 Å². The highest BCUT2D eigenvalue weighted by molar-refractivity contribution is 7.89. The quantitative estimate of drug-likeness (QED) is 0.262. The van der Waals surface area contributed by atoms with Crippen molar-refractivity contribution in [2.45, 2.75) is 50.6 Å². The van der Waals surface area contributed by atoms with Crippen molar-refractivity contribution in [2.24, 2.45) is 0 Å². The third-order valence-electron chi connectivity index (χ3n) is 6.58. The van der Waals surface area contributed by atoms with Gasteiger partial charge in [0.15, 0.2) is 0 Å². The summed E-state index contributed by atoms with van der Waals surface area (Å²) in [5, 5.41) is 3.62. The number of carbonyl (C=O) groups excluding carboxylic acids is 2. The number of rotatable bonds is 13. The smallest absolute Gasteiger partial charge is 0.243 e. The van der Waals surface area contributed by atoms with Gasteiger partial charge in [0.25, 0.3) is 0 Å². The summed E-state index contributed by atoms with van der Waals surface area (Å²) in [5.41, 5.74) is 2.24. The number of carbonyl (C=O) groups is 2. The van der Waals surface area contributed by atoms with Crippen LogP contribution in [0.1, 0.15) is 36.5 Å². The molecule has 0 aromatic heterocycles. The molecule has 0 unspecified atom stereocenters. The van der Waals surface area contributed by atoms with Crippen molar-refractivity contribution in [3.8, 4) is 0 Å². The van der Waals surface area contributed by atoms with Crippen molar-refractivity contribution < 1.29 is 18.0 Å². The van der Waals surface area contributed by atoms with Crippen LogP contribution < -0.4 is 5.32 Å². The Bertz CT molecular complexity index is 1380. The molecule has 3 rings (SSSR count). The zero-order chi connectivity index (χ0) is 29.3. The molecule has 1 N–H and O–H groups in total. The molecule has 1 atom stereocenters. The van der Waals surface area contributed by atoms with E-state index < -0.39 is 28.5 Å². The average molecular weight is 605 g/mol. The minimum absolute atomic E-state index is 0.0749. The molecule has 214 valence electrons. The molecule has 0 saturated carbocycles. The number of hydrogen-bond donors (Lipinski definition) is 1. The van der Waals surface area contributed by atoms with Gasteiger partial charge in [0, 0.05) is 42.2 Å². The van der Waals surface area contributed by atoms with Gasteiger partial charge in [-0.15, -0.1) is 0 Å². The summed E-state index contributed by atoms with van der Waals surface area (Å²) < 4.78 is 27.5. The molecule has 3 aromatic carbocycles. The van der Waals surface area contributed by atoms with Crippen LogP contribution in [0.25, 0.3) is 0 Å². The second-order valence-corrected chi connectivity index (χ2v) is 12.5. The lowest BCUT2D eigenvalue weighted by Gasteiger charge is -2.33. The summed E-state index contributed by atoms with van der Waals surface area (Å²) in [4.78, 5) is 28.9. The molecule has 0 spiro atoms. The lowest BCUT2D eigenvalue weighted by Crippen LogP contribution is -2.53. The predicted octanol–water partition coefficient (Wildman–Crippen LogP) is 5.48. The first-order chi connectivity index (χ1) is 19.0. The first-order valence-electron chi connectivity index (χ1n) is 13.1. The van der Waals surface area contributed by atoms with E-state index in [1.54, 1.807) is 30.3 Å². The van der Waals surface area contributed by atoms with Crippen LogP contribution in [-0.2, 0) is 32.6 Å². The van der Waals surface area contributed by atoms with Crippen LogP contribution in [0.3, 0.4) is 0 Å². The van der Waals surface area contributed by atoms with Gasteiger partial charge >= 0.3 is 0 Å². The monoisotopic (exact) mass is 603 g/mol. The van der Waals surface area contributed by atoms with Gasteiger partial charge in [0.1, 0.15) is 6.04 Å². The van der Waals surface area contributed by atoms with Crippen molar-refractivity contribution >= 4 is 45.0 Å². The summed E-state index contributed by atoms with van der Waals surface area (Å²) in [6.45, 7) is 3.78. The van der Waals surface area contributed by atoms with Gasteiger partial charge in [0.05, 0.1) is 11.4 Å². The van der Waals surface area contributed by atoms with Gasteiger partial charge in [-0.1, -0.05) is 90.6 Å². The Labute approximate surface area is 247 Å². The van der Waals surface area contributed by atoms with E-state index in [4.69, 9.17) is 23.2 Å². The molecule has 0 heterocycles. The van der Waals surface area contributed by atoms with Gasteiger partial charge < -0.3 is 10.2 Å². The maximum absolute atomic E-state index is 13.9. The Morgan fingerprint density at radius 2 is 1.55 bits per heavy atom. The van der Waals surface area contributed by atoms with Crippen LogP contribution in [0, 0.1) is 6.92 Å². The van der Waals surface area contributed by atoms with Crippen molar-refractivity contribution in [3.63, 3.8) is 0 Å². The molecule has 2 amide bonds. The van der Waals surface area contributed by atoms with Gasteiger partial charge in [-0.3, -0.25) is 9.59 Å². The predicted molar refractivity (Wildman–Crippen MR) is 160 cm³/mol. The van der Waals surface area contributed by atoms with Crippen LogP contribution in [0.4, 0.5) is 0 Å². The standard InChI is InChI=1S/C30H35Cl2N3O4S/c1-4-5-18-33-30(37)28(19-23-10-7-6-8-11-23)35(20-25-26(31)12-9-13-27(25)32)29(36)21-34(3)40(38,39)24-16-14-22(2)15-17-24/h6-17,28H,4-5,18-21H2,1-3H3,(H,33,37)/t28-/m0/s1. The SMILES string of the molecule is CCCCNC(=O)[C@H](Cc1ccccc1)N(Cc1c(Cl)cccc1Cl)C(=O)CN(C)S(=O)(=O)c1ccc(C)cc1. The van der Waals surface area contributed by atoms with E-state index in [1.165, 1.54) is 24.1 Å². The molecule has 7 nitrogen and oxygen atoms in total. The highest BCUT2D eigenvalue weighted by Gasteiger charge is 2.33. The molecule has 0 saturated heterocycles. The second kappa shape index (κ2) is 14.6. The molecule has 0 aliphatic heterocycles. The fraction of sp³-hybridized carbons (Fsp3) is 0.333. The highest BCUT2D eigenvalue weighted by atomic mass is 35.5. The maximum Gasteiger partial charge on any atom is 0.243 e. The van der Waals surface area contributed by atoms with Crippen molar-refractivity contribution in [2.75, 3.05) is 20.1 Å². The summed E-state index contributed by atoms with van der Waals surface area (Å²) >= 11 is 12.9. The van der Waals surface area contributed by atoms with E-state index in [1.807, 2.05) is 44.2 Å². The highest BCUT2D eigenvalue weighted by Crippen LogP contribution is 2.27. The van der Waals surface area contributed by atoms with Gasteiger partial charge in [-0.05, 0) is 43.2 Å². The number of hydrogen-bond acceptors (Lipinski definition) is 4. The van der Waals surface area contributed by atoms with Crippen molar-refractivity contribution in [3.05, 3.63) is 99.5 Å². The fourth-order valence-corrected chi connectivity index (χ4v) is 5.81. The maximum atomic E-state index is 13.9. The summed E-state index contributed by atoms with van der Waals surface area (Å²) in [6, 6.07) is 19.8. The summed E-state index contributed by atoms with van der Waals surface area (Å²) in [6.07, 6.45) is 1.90. The van der Waals surface area contributed by atoms with Crippen LogP contribution in [-0.4, -0.2) is 55.6 Å². The Morgan fingerprint density at radius 3 is 2.15 bits per heavy atom. The number of amides is 2. The average Bonchev–Trinajstić information content (AvgIpc) is 2.92. The van der Waals surface area contributed by atoms with E-state index in [2.05, 4.69) is 5.32 Å². The summed E-state index contributed by atoms with van der Waals surface area (Å²) in [5.74, 6) is -0.890. The molecule has 40 heavy (non-hydrogen) atoms. The largest absolute Gasteiger partial charge is 0.354 e. The minimum Gasteiger partial charge on any atom is -0.354 e. The van der Waals surface area contributed by atoms with Crippen LogP contribution in [0.5, 0.6) is 0 Å². The lowest BCUT2D eigenvalue weighted by atomic mass is 10.0. The summed E-state index contributed by atoms with van der Waals surface area (Å²) in [7, 11) is -2.61. The number of nitrogens with one attached hydrogen (secondary N) is 1. The molecule has 0 bridgehead atoms. The molecule has 0 aliphatic rings. The number of likely N-dealkylation sites (N-methyl/N-ethyl adjacent to an activating group) is 1. The number of nitrogens with zero attached hydrogens (tertiary/aromatic N) is 2. The first kappa shape index (κ1) is 31.6. The fourth-order valence-electron chi connectivity index (χ4n) is 4.17. The molecule has 0 fully saturated rings. The number of aryl methyl sites for hydroxylation is 1. The second-order valence-electron chi connectivity index (χ2n) is 9.65. The minimum atomic E-state index is -3.96. The molecular weight excluding hydrogens is 569 g/mol. The Balaban J connectivity index is 2.00. The lowest BCUT2D eigenvalue weighted by molar-refractivity contribution is -0.141. The number of unbranched alkanes of at least 4 members (excludes halogenated alkanes) is 1. The van der Waals surface area contributed by atoms with Crippen molar-refractivity contribution in [1.29, 1.82) is 0 Å². The van der Waals surface area contributed by atoms with Gasteiger partial charge in [-0.25, -0.2) is 8.42 Å². The Kier molecular flexibility index (Phi) is 11.6. The molecular formula is C30H35Cl2N3O4S. The van der Waals surface area contributed by atoms with E-state index in [0.717, 1.165) is 28.3 Å². The zero-order valence-corrected chi connectivity index (χ0v) is 25.3. The van der Waals surface area contributed by atoms with Crippen LogP contribution in [0.15, 0.2) is 77.7 Å². The van der Waals surface area contributed by atoms with Gasteiger partial charge in [-0.2, -0.15) is 4.31 Å². The molecule has 10 heteroatoms. The molecule has 0 aliphatic carbocycles. The molecule has 0 radical (unpaired) electrons. The van der Waals surface area contributed by atoms with Crippen LogP contribution in [0.2, 0.25) is 10.0 Å². The molecule has 3 aromatic rings. The van der Waals surface area contributed by atoms with E-state index >= 15 is 0 Å². The van der Waals surface area contributed by atoms with Crippen LogP contribution >= 0.6 is 23.2 Å². The number of benzene rings is 3. The normalized spacial score (nSPS) is 12.2.